The van der Waals surface area contributed by atoms with Crippen molar-refractivity contribution >= 4 is 11.4 Å². The van der Waals surface area contributed by atoms with Gasteiger partial charge in [0, 0.05) is 18.3 Å². The summed E-state index contributed by atoms with van der Waals surface area (Å²) < 4.78 is 13.1. The second-order valence-electron chi connectivity index (χ2n) is 4.25. The van der Waals surface area contributed by atoms with Crippen molar-refractivity contribution in [1.82, 2.24) is 0 Å². The molecule has 0 radical (unpaired) electrons. The van der Waals surface area contributed by atoms with E-state index in [1.54, 1.807) is 0 Å². The third-order valence-electron chi connectivity index (χ3n) is 2.77. The third-order valence-corrected chi connectivity index (χ3v) is 2.77. The van der Waals surface area contributed by atoms with Gasteiger partial charge in [-0.2, -0.15) is 0 Å². The lowest BCUT2D eigenvalue weighted by Crippen LogP contribution is -2.03. The van der Waals surface area contributed by atoms with Crippen LogP contribution in [0, 0.1) is 22.9 Å². The number of aryl methyl sites for hydroxylation is 1. The SMILES string of the molecule is Cc1ccc(NCc2cc(F)ccc2[N+](=O)[O-])cc1. The summed E-state index contributed by atoms with van der Waals surface area (Å²) in [6.07, 6.45) is 0. The molecule has 2 aromatic carbocycles. The Labute approximate surface area is 110 Å². The number of nitro groups is 1. The summed E-state index contributed by atoms with van der Waals surface area (Å²) in [6, 6.07) is 11.1. The van der Waals surface area contributed by atoms with E-state index in [0.717, 1.165) is 17.3 Å². The first-order valence-corrected chi connectivity index (χ1v) is 5.79. The first-order chi connectivity index (χ1) is 9.06. The van der Waals surface area contributed by atoms with Crippen molar-refractivity contribution in [1.29, 1.82) is 0 Å². The van der Waals surface area contributed by atoms with E-state index in [1.807, 2.05) is 31.2 Å². The average Bonchev–Trinajstić information content (AvgIpc) is 2.38. The summed E-state index contributed by atoms with van der Waals surface area (Å²) in [6.45, 7) is 2.18. The number of rotatable bonds is 4. The Balaban J connectivity index is 2.16. The lowest BCUT2D eigenvalue weighted by atomic mass is 10.1. The van der Waals surface area contributed by atoms with Crippen LogP contribution in [-0.2, 0) is 6.54 Å². The number of hydrogen-bond acceptors (Lipinski definition) is 3. The lowest BCUT2D eigenvalue weighted by molar-refractivity contribution is -0.385. The summed E-state index contributed by atoms with van der Waals surface area (Å²) in [5, 5.41) is 13.9. The molecule has 0 aliphatic carbocycles. The standard InChI is InChI=1S/C14H13FN2O2/c1-10-2-5-13(6-3-10)16-9-11-8-12(15)4-7-14(11)17(18)19/h2-8,16H,9H2,1H3. The molecule has 0 heterocycles. The zero-order valence-electron chi connectivity index (χ0n) is 10.4. The third kappa shape index (κ3) is 3.28. The number of nitrogens with one attached hydrogen (secondary N) is 1. The molecule has 0 spiro atoms. The first-order valence-electron chi connectivity index (χ1n) is 5.79. The van der Waals surface area contributed by atoms with E-state index in [2.05, 4.69) is 5.32 Å². The van der Waals surface area contributed by atoms with E-state index in [-0.39, 0.29) is 12.2 Å². The van der Waals surface area contributed by atoms with Crippen LogP contribution in [0.3, 0.4) is 0 Å². The van der Waals surface area contributed by atoms with Crippen LogP contribution >= 0.6 is 0 Å². The van der Waals surface area contributed by atoms with E-state index in [1.165, 1.54) is 12.1 Å². The Morgan fingerprint density at radius 2 is 1.89 bits per heavy atom. The monoisotopic (exact) mass is 260 g/mol. The minimum atomic E-state index is -0.508. The van der Waals surface area contributed by atoms with Crippen molar-refractivity contribution < 1.29 is 9.31 Å². The largest absolute Gasteiger partial charge is 0.381 e. The maximum Gasteiger partial charge on any atom is 0.274 e. The van der Waals surface area contributed by atoms with E-state index in [0.29, 0.717) is 5.56 Å². The zero-order chi connectivity index (χ0) is 13.8. The molecular formula is C14H13FN2O2. The summed E-state index contributed by atoms with van der Waals surface area (Å²) in [7, 11) is 0. The van der Waals surface area contributed by atoms with Gasteiger partial charge in [0.1, 0.15) is 5.82 Å². The summed E-state index contributed by atoms with van der Waals surface area (Å²) in [5.74, 6) is -0.480. The van der Waals surface area contributed by atoms with E-state index in [4.69, 9.17) is 0 Å². The number of hydrogen-bond donors (Lipinski definition) is 1. The van der Waals surface area contributed by atoms with Crippen molar-refractivity contribution in [3.05, 3.63) is 69.5 Å². The molecule has 0 saturated carbocycles. The minimum absolute atomic E-state index is 0.0824. The predicted octanol–water partition coefficient (Wildman–Crippen LogP) is 3.65. The van der Waals surface area contributed by atoms with Gasteiger partial charge in [-0.15, -0.1) is 0 Å². The molecule has 0 atom stereocenters. The van der Waals surface area contributed by atoms with Crippen molar-refractivity contribution in [2.24, 2.45) is 0 Å². The van der Waals surface area contributed by atoms with Gasteiger partial charge in [0.2, 0.25) is 0 Å². The van der Waals surface area contributed by atoms with Crippen molar-refractivity contribution in [3.63, 3.8) is 0 Å². The minimum Gasteiger partial charge on any atom is -0.381 e. The molecule has 0 fully saturated rings. The maximum absolute atomic E-state index is 13.1. The first kappa shape index (κ1) is 13.0. The van der Waals surface area contributed by atoms with E-state index in [9.17, 15) is 14.5 Å². The Morgan fingerprint density at radius 1 is 1.21 bits per heavy atom. The molecule has 98 valence electrons. The molecule has 5 heteroatoms. The van der Waals surface area contributed by atoms with Gasteiger partial charge in [0.15, 0.2) is 0 Å². The summed E-state index contributed by atoms with van der Waals surface area (Å²) in [5.41, 5.74) is 2.21. The van der Waals surface area contributed by atoms with Gasteiger partial charge in [-0.25, -0.2) is 4.39 Å². The van der Waals surface area contributed by atoms with Gasteiger partial charge in [-0.05, 0) is 31.2 Å². The Bertz CT molecular complexity index is 597. The van der Waals surface area contributed by atoms with Gasteiger partial charge in [-0.3, -0.25) is 10.1 Å². The number of halogens is 1. The Morgan fingerprint density at radius 3 is 2.53 bits per heavy atom. The van der Waals surface area contributed by atoms with Crippen LogP contribution in [-0.4, -0.2) is 4.92 Å². The fourth-order valence-corrected chi connectivity index (χ4v) is 1.74. The number of nitrogens with zero attached hydrogens (tertiary/aromatic N) is 1. The average molecular weight is 260 g/mol. The highest BCUT2D eigenvalue weighted by atomic mass is 19.1. The van der Waals surface area contributed by atoms with Crippen LogP contribution in [0.4, 0.5) is 15.8 Å². The maximum atomic E-state index is 13.1. The van der Waals surface area contributed by atoms with Gasteiger partial charge >= 0.3 is 0 Å². The molecule has 2 aromatic rings. The molecule has 0 amide bonds. The van der Waals surface area contributed by atoms with Crippen LogP contribution in [0.25, 0.3) is 0 Å². The number of benzene rings is 2. The molecule has 4 nitrogen and oxygen atoms in total. The van der Waals surface area contributed by atoms with Crippen molar-refractivity contribution in [3.8, 4) is 0 Å². The quantitative estimate of drug-likeness (QED) is 0.674. The fraction of sp³-hybridized carbons (Fsp3) is 0.143. The molecule has 2 rings (SSSR count). The van der Waals surface area contributed by atoms with E-state index >= 15 is 0 Å². The second-order valence-corrected chi connectivity index (χ2v) is 4.25. The fourth-order valence-electron chi connectivity index (χ4n) is 1.74. The molecule has 1 N–H and O–H groups in total. The van der Waals surface area contributed by atoms with Gasteiger partial charge < -0.3 is 5.32 Å². The van der Waals surface area contributed by atoms with Gasteiger partial charge in [-0.1, -0.05) is 17.7 Å². The van der Waals surface area contributed by atoms with Crippen LogP contribution in [0.5, 0.6) is 0 Å². The number of nitro benzene ring substituents is 1. The van der Waals surface area contributed by atoms with Crippen molar-refractivity contribution in [2.45, 2.75) is 13.5 Å². The molecule has 19 heavy (non-hydrogen) atoms. The normalized spacial score (nSPS) is 10.2. The van der Waals surface area contributed by atoms with Crippen LogP contribution < -0.4 is 5.32 Å². The molecule has 0 aliphatic rings. The van der Waals surface area contributed by atoms with Crippen LogP contribution in [0.15, 0.2) is 42.5 Å². The summed E-state index contributed by atoms with van der Waals surface area (Å²) in [4.78, 5) is 10.3. The molecule has 0 unspecified atom stereocenters. The highest BCUT2D eigenvalue weighted by Crippen LogP contribution is 2.21. The lowest BCUT2D eigenvalue weighted by Gasteiger charge is -2.07. The van der Waals surface area contributed by atoms with E-state index < -0.39 is 10.7 Å². The zero-order valence-corrected chi connectivity index (χ0v) is 10.4. The molecule has 0 bridgehead atoms. The van der Waals surface area contributed by atoms with Crippen molar-refractivity contribution in [2.75, 3.05) is 5.32 Å². The van der Waals surface area contributed by atoms with Gasteiger partial charge in [0.25, 0.3) is 5.69 Å². The predicted molar refractivity (Wildman–Crippen MR) is 71.6 cm³/mol. The highest BCUT2D eigenvalue weighted by Gasteiger charge is 2.13. The molecule has 0 aromatic heterocycles. The van der Waals surface area contributed by atoms with Crippen LogP contribution in [0.1, 0.15) is 11.1 Å². The van der Waals surface area contributed by atoms with Crippen LogP contribution in [0.2, 0.25) is 0 Å². The molecule has 0 aliphatic heterocycles. The molecule has 0 saturated heterocycles. The summed E-state index contributed by atoms with van der Waals surface area (Å²) >= 11 is 0. The van der Waals surface area contributed by atoms with Gasteiger partial charge in [0.05, 0.1) is 10.5 Å². The Kier molecular flexibility index (Phi) is 3.75. The highest BCUT2D eigenvalue weighted by molar-refractivity contribution is 5.48. The second kappa shape index (κ2) is 5.48. The topological polar surface area (TPSA) is 55.2 Å². The molecular weight excluding hydrogens is 247 g/mol. The smallest absolute Gasteiger partial charge is 0.274 e. The number of anilines is 1. The Hall–Kier alpha value is -2.43.